The molecule has 0 amide bonds. The van der Waals surface area contributed by atoms with Crippen LogP contribution in [-0.4, -0.2) is 21.0 Å². The number of benzene rings is 1. The lowest BCUT2D eigenvalue weighted by Gasteiger charge is -2.13. The maximum atomic E-state index is 11.2. The van der Waals surface area contributed by atoms with E-state index in [0.29, 0.717) is 10.0 Å². The Balaban J connectivity index is 2.22. The Morgan fingerprint density at radius 1 is 1.22 bits per heavy atom. The van der Waals surface area contributed by atoms with E-state index in [2.05, 4.69) is 25.9 Å². The van der Waals surface area contributed by atoms with Crippen molar-refractivity contribution in [2.45, 2.75) is 6.10 Å². The lowest BCUT2D eigenvalue weighted by molar-refractivity contribution is -0.145. The molecule has 0 spiro atoms. The van der Waals surface area contributed by atoms with Crippen molar-refractivity contribution in [3.05, 3.63) is 52.8 Å². The van der Waals surface area contributed by atoms with Crippen molar-refractivity contribution in [2.75, 3.05) is 0 Å². The predicted molar refractivity (Wildman–Crippen MR) is 67.2 cm³/mol. The molecule has 1 aromatic heterocycles. The molecule has 1 atom stereocenters. The van der Waals surface area contributed by atoms with E-state index in [9.17, 15) is 4.79 Å². The molecule has 0 aliphatic rings. The lowest BCUT2D eigenvalue weighted by Crippen LogP contribution is -2.19. The summed E-state index contributed by atoms with van der Waals surface area (Å²) in [4.78, 5) is 18.9. The molecule has 92 valence electrons. The van der Waals surface area contributed by atoms with Gasteiger partial charge in [0.25, 0.3) is 0 Å². The van der Waals surface area contributed by atoms with Gasteiger partial charge in [0, 0.05) is 18.0 Å². The van der Waals surface area contributed by atoms with E-state index in [1.807, 2.05) is 0 Å². The van der Waals surface area contributed by atoms with Crippen LogP contribution in [-0.2, 0) is 4.79 Å². The van der Waals surface area contributed by atoms with E-state index in [0.717, 1.165) is 0 Å². The van der Waals surface area contributed by atoms with Crippen LogP contribution in [0, 0.1) is 0 Å². The maximum absolute atomic E-state index is 11.2. The van der Waals surface area contributed by atoms with Crippen molar-refractivity contribution < 1.29 is 14.6 Å². The minimum absolute atomic E-state index is 0.0226. The minimum Gasteiger partial charge on any atom is -0.478 e. The second-order valence-corrected chi connectivity index (χ2v) is 4.35. The van der Waals surface area contributed by atoms with Crippen LogP contribution < -0.4 is 4.74 Å². The van der Waals surface area contributed by atoms with Crippen molar-refractivity contribution in [1.29, 1.82) is 0 Å². The van der Waals surface area contributed by atoms with Gasteiger partial charge in [-0.3, -0.25) is 0 Å². The standard InChI is InChI=1S/C12H9BrN2O3/c13-9-6-14-12(15-7-9)18-10(11(16)17)8-4-2-1-3-5-8/h1-7,10H,(H,16,17). The molecule has 1 heterocycles. The van der Waals surface area contributed by atoms with E-state index in [1.54, 1.807) is 30.3 Å². The first kappa shape index (κ1) is 12.5. The van der Waals surface area contributed by atoms with Gasteiger partial charge in [-0.2, -0.15) is 0 Å². The molecule has 0 aliphatic carbocycles. The van der Waals surface area contributed by atoms with E-state index in [4.69, 9.17) is 9.84 Å². The molecule has 2 rings (SSSR count). The Morgan fingerprint density at radius 3 is 2.39 bits per heavy atom. The van der Waals surface area contributed by atoms with Crippen LogP contribution in [0.15, 0.2) is 47.2 Å². The molecular formula is C12H9BrN2O3. The topological polar surface area (TPSA) is 72.3 Å². The fraction of sp³-hybridized carbons (Fsp3) is 0.0833. The second kappa shape index (κ2) is 5.59. The smallest absolute Gasteiger partial charge is 0.349 e. The van der Waals surface area contributed by atoms with Gasteiger partial charge in [0.1, 0.15) is 0 Å². The van der Waals surface area contributed by atoms with Gasteiger partial charge in [0.2, 0.25) is 6.10 Å². The summed E-state index contributed by atoms with van der Waals surface area (Å²) in [5.74, 6) is -1.09. The van der Waals surface area contributed by atoms with Gasteiger partial charge in [0.15, 0.2) is 0 Å². The quantitative estimate of drug-likeness (QED) is 0.939. The molecule has 18 heavy (non-hydrogen) atoms. The molecule has 1 aromatic carbocycles. The van der Waals surface area contributed by atoms with Crippen LogP contribution in [0.2, 0.25) is 0 Å². The van der Waals surface area contributed by atoms with Crippen molar-refractivity contribution in [2.24, 2.45) is 0 Å². The molecule has 0 saturated heterocycles. The molecular weight excluding hydrogens is 300 g/mol. The number of carboxylic acid groups (broad SMARTS) is 1. The minimum atomic E-state index is -1.12. The third-order valence-corrected chi connectivity index (χ3v) is 2.56. The monoisotopic (exact) mass is 308 g/mol. The van der Waals surface area contributed by atoms with Crippen molar-refractivity contribution in [3.63, 3.8) is 0 Å². The fourth-order valence-corrected chi connectivity index (χ4v) is 1.56. The number of aromatic nitrogens is 2. The highest BCUT2D eigenvalue weighted by Crippen LogP contribution is 2.19. The van der Waals surface area contributed by atoms with Crippen LogP contribution in [0.5, 0.6) is 6.01 Å². The van der Waals surface area contributed by atoms with Crippen LogP contribution in [0.3, 0.4) is 0 Å². The van der Waals surface area contributed by atoms with Crippen molar-refractivity contribution in [1.82, 2.24) is 9.97 Å². The van der Waals surface area contributed by atoms with Gasteiger partial charge < -0.3 is 9.84 Å². The van der Waals surface area contributed by atoms with Crippen molar-refractivity contribution >= 4 is 21.9 Å². The average molecular weight is 309 g/mol. The zero-order valence-corrected chi connectivity index (χ0v) is 10.7. The first-order valence-electron chi connectivity index (χ1n) is 5.09. The SMILES string of the molecule is O=C(O)C(Oc1ncc(Br)cn1)c1ccccc1. The molecule has 1 unspecified atom stereocenters. The molecule has 5 nitrogen and oxygen atoms in total. The molecule has 6 heteroatoms. The summed E-state index contributed by atoms with van der Waals surface area (Å²) >= 11 is 3.19. The number of rotatable bonds is 4. The zero-order valence-electron chi connectivity index (χ0n) is 9.15. The summed E-state index contributed by atoms with van der Waals surface area (Å²) in [6, 6.07) is 8.68. The normalized spacial score (nSPS) is 11.8. The number of carboxylic acids is 1. The molecule has 0 fully saturated rings. The maximum Gasteiger partial charge on any atom is 0.349 e. The van der Waals surface area contributed by atoms with Crippen LogP contribution in [0.1, 0.15) is 11.7 Å². The zero-order chi connectivity index (χ0) is 13.0. The summed E-state index contributed by atoms with van der Waals surface area (Å²) in [6.07, 6.45) is 1.87. The first-order valence-corrected chi connectivity index (χ1v) is 5.88. The predicted octanol–water partition coefficient (Wildman–Crippen LogP) is 2.44. The van der Waals surface area contributed by atoms with Crippen LogP contribution >= 0.6 is 15.9 Å². The molecule has 0 radical (unpaired) electrons. The van der Waals surface area contributed by atoms with Crippen molar-refractivity contribution in [3.8, 4) is 6.01 Å². The van der Waals surface area contributed by atoms with Gasteiger partial charge in [-0.1, -0.05) is 30.3 Å². The van der Waals surface area contributed by atoms with E-state index in [1.165, 1.54) is 12.4 Å². The Morgan fingerprint density at radius 2 is 1.83 bits per heavy atom. The number of halogens is 1. The fourth-order valence-electron chi connectivity index (χ4n) is 1.36. The molecule has 2 aromatic rings. The largest absolute Gasteiger partial charge is 0.478 e. The average Bonchev–Trinajstić information content (AvgIpc) is 2.38. The summed E-state index contributed by atoms with van der Waals surface area (Å²) in [6.45, 7) is 0. The highest BCUT2D eigenvalue weighted by atomic mass is 79.9. The Bertz CT molecular complexity index is 531. The van der Waals surface area contributed by atoms with Gasteiger partial charge >= 0.3 is 12.0 Å². The number of carbonyl (C=O) groups is 1. The number of hydrogen-bond donors (Lipinski definition) is 1. The number of ether oxygens (including phenoxy) is 1. The molecule has 0 bridgehead atoms. The third kappa shape index (κ3) is 3.04. The first-order chi connectivity index (χ1) is 8.66. The Labute approximate surface area is 112 Å². The number of aliphatic carboxylic acids is 1. The summed E-state index contributed by atoms with van der Waals surface area (Å²) in [5.41, 5.74) is 0.538. The highest BCUT2D eigenvalue weighted by Gasteiger charge is 2.22. The van der Waals surface area contributed by atoms with Gasteiger partial charge in [-0.05, 0) is 15.9 Å². The molecule has 0 saturated carbocycles. The van der Waals surface area contributed by atoms with Crippen LogP contribution in [0.4, 0.5) is 0 Å². The lowest BCUT2D eigenvalue weighted by atomic mass is 10.1. The van der Waals surface area contributed by atoms with E-state index < -0.39 is 12.1 Å². The second-order valence-electron chi connectivity index (χ2n) is 3.43. The number of nitrogens with zero attached hydrogens (tertiary/aromatic N) is 2. The number of hydrogen-bond acceptors (Lipinski definition) is 4. The molecule has 1 N–H and O–H groups in total. The summed E-state index contributed by atoms with van der Waals surface area (Å²) < 4.78 is 5.97. The van der Waals surface area contributed by atoms with Crippen LogP contribution in [0.25, 0.3) is 0 Å². The van der Waals surface area contributed by atoms with Gasteiger partial charge in [-0.15, -0.1) is 0 Å². The third-order valence-electron chi connectivity index (χ3n) is 2.15. The highest BCUT2D eigenvalue weighted by molar-refractivity contribution is 9.10. The summed E-state index contributed by atoms with van der Waals surface area (Å²) in [7, 11) is 0. The van der Waals surface area contributed by atoms with Gasteiger partial charge in [-0.25, -0.2) is 14.8 Å². The van der Waals surface area contributed by atoms with E-state index >= 15 is 0 Å². The molecule has 0 aliphatic heterocycles. The Kier molecular flexibility index (Phi) is 3.88. The van der Waals surface area contributed by atoms with E-state index in [-0.39, 0.29) is 6.01 Å². The summed E-state index contributed by atoms with van der Waals surface area (Å²) in [5, 5.41) is 9.15. The van der Waals surface area contributed by atoms with Gasteiger partial charge in [0.05, 0.1) is 4.47 Å². The Hall–Kier alpha value is -1.95.